The van der Waals surface area contributed by atoms with Crippen molar-refractivity contribution in [3.8, 4) is 17.6 Å². The van der Waals surface area contributed by atoms with Gasteiger partial charge in [0, 0.05) is 25.2 Å². The van der Waals surface area contributed by atoms with Crippen molar-refractivity contribution in [3.05, 3.63) is 59.2 Å². The Bertz CT molecular complexity index is 888. The van der Waals surface area contributed by atoms with E-state index in [0.717, 1.165) is 5.56 Å². The number of hydrogen-bond donors (Lipinski definition) is 0. The maximum atomic E-state index is 12.6. The van der Waals surface area contributed by atoms with Gasteiger partial charge in [-0.05, 0) is 23.8 Å². The van der Waals surface area contributed by atoms with E-state index in [1.807, 2.05) is 6.07 Å². The summed E-state index contributed by atoms with van der Waals surface area (Å²) in [6.07, 6.45) is 0. The number of sulfonamides is 1. The first kappa shape index (κ1) is 18.8. The van der Waals surface area contributed by atoms with E-state index in [1.54, 1.807) is 49.6 Å². The highest BCUT2D eigenvalue weighted by Crippen LogP contribution is 2.26. The van der Waals surface area contributed by atoms with Gasteiger partial charge < -0.3 is 9.47 Å². The van der Waals surface area contributed by atoms with Crippen LogP contribution in [0.4, 0.5) is 0 Å². The normalized spacial score (nSPS) is 11.2. The van der Waals surface area contributed by atoms with E-state index in [9.17, 15) is 8.42 Å². The highest BCUT2D eigenvalue weighted by Gasteiger charge is 2.20. The molecule has 0 spiro atoms. The molecule has 0 saturated carbocycles. The van der Waals surface area contributed by atoms with E-state index >= 15 is 0 Å². The molecule has 0 N–H and O–H groups in total. The Labute approximate surface area is 148 Å². The maximum Gasteiger partial charge on any atom is 0.218 e. The van der Waals surface area contributed by atoms with Gasteiger partial charge in [-0.15, -0.1) is 0 Å². The molecule has 0 aliphatic rings. The zero-order chi connectivity index (χ0) is 18.4. The van der Waals surface area contributed by atoms with Crippen LogP contribution in [-0.2, 0) is 22.3 Å². The molecule has 2 aromatic rings. The van der Waals surface area contributed by atoms with Gasteiger partial charge in [0.25, 0.3) is 0 Å². The van der Waals surface area contributed by atoms with E-state index in [2.05, 4.69) is 0 Å². The average Bonchev–Trinajstić information content (AvgIpc) is 2.61. The van der Waals surface area contributed by atoms with Gasteiger partial charge in [-0.1, -0.05) is 18.2 Å². The topological polar surface area (TPSA) is 79.6 Å². The highest BCUT2D eigenvalue weighted by molar-refractivity contribution is 7.88. The van der Waals surface area contributed by atoms with Crippen LogP contribution >= 0.6 is 0 Å². The Morgan fingerprint density at radius 3 is 2.52 bits per heavy atom. The maximum absolute atomic E-state index is 12.6. The minimum Gasteiger partial charge on any atom is -0.497 e. The molecule has 2 aromatic carbocycles. The molecule has 0 bridgehead atoms. The molecule has 0 aliphatic heterocycles. The summed E-state index contributed by atoms with van der Waals surface area (Å²) in [5.41, 5.74) is 1.75. The van der Waals surface area contributed by atoms with Crippen LogP contribution in [0.3, 0.4) is 0 Å². The first-order valence-corrected chi connectivity index (χ1v) is 9.14. The average molecular weight is 360 g/mol. The number of ether oxygens (including phenoxy) is 2. The van der Waals surface area contributed by atoms with Crippen molar-refractivity contribution in [2.45, 2.75) is 12.3 Å². The Kier molecular flexibility index (Phi) is 6.02. The lowest BCUT2D eigenvalue weighted by Crippen LogP contribution is -2.28. The van der Waals surface area contributed by atoms with Crippen LogP contribution in [0.5, 0.6) is 11.5 Å². The molecule has 7 heteroatoms. The molecule has 0 aliphatic carbocycles. The van der Waals surface area contributed by atoms with E-state index in [1.165, 1.54) is 18.5 Å². The van der Waals surface area contributed by atoms with Crippen LogP contribution < -0.4 is 9.47 Å². The fraction of sp³-hybridized carbons (Fsp3) is 0.278. The van der Waals surface area contributed by atoms with Crippen LogP contribution in [0.15, 0.2) is 42.5 Å². The summed E-state index contributed by atoms with van der Waals surface area (Å²) < 4.78 is 36.9. The summed E-state index contributed by atoms with van der Waals surface area (Å²) >= 11 is 0. The molecular formula is C18H20N2O4S. The molecule has 0 saturated heterocycles. The molecule has 0 amide bonds. The van der Waals surface area contributed by atoms with Crippen molar-refractivity contribution in [1.29, 1.82) is 5.26 Å². The third-order valence-electron chi connectivity index (χ3n) is 3.77. The number of rotatable bonds is 7. The molecule has 0 aromatic heterocycles. The lowest BCUT2D eigenvalue weighted by Gasteiger charge is -2.19. The van der Waals surface area contributed by atoms with Gasteiger partial charge in [0.05, 0.1) is 31.6 Å². The van der Waals surface area contributed by atoms with Gasteiger partial charge in [-0.2, -0.15) is 5.26 Å². The van der Waals surface area contributed by atoms with Crippen LogP contribution in [0, 0.1) is 11.3 Å². The van der Waals surface area contributed by atoms with E-state index in [-0.39, 0.29) is 12.3 Å². The van der Waals surface area contributed by atoms with Crippen LogP contribution in [0.1, 0.15) is 16.7 Å². The number of benzene rings is 2. The van der Waals surface area contributed by atoms with E-state index in [0.29, 0.717) is 22.6 Å². The van der Waals surface area contributed by atoms with Gasteiger partial charge in [0.1, 0.15) is 11.5 Å². The Balaban J connectivity index is 2.19. The quantitative estimate of drug-likeness (QED) is 0.758. The molecule has 0 heterocycles. The predicted octanol–water partition coefficient (Wildman–Crippen LogP) is 2.54. The highest BCUT2D eigenvalue weighted by atomic mass is 32.2. The van der Waals surface area contributed by atoms with Crippen molar-refractivity contribution in [2.24, 2.45) is 0 Å². The summed E-state index contributed by atoms with van der Waals surface area (Å²) in [7, 11) is 1.06. The monoisotopic (exact) mass is 360 g/mol. The molecule has 2 rings (SSSR count). The lowest BCUT2D eigenvalue weighted by molar-refractivity contribution is 0.384. The molecule has 132 valence electrons. The fourth-order valence-corrected chi connectivity index (χ4v) is 3.53. The standard InChI is InChI=1S/C18H20N2O4S/c1-20(12-16-7-8-17(23-2)10-18(16)24-3)25(21,22)13-15-6-4-5-14(9-15)11-19/h4-10H,12-13H2,1-3H3. The first-order chi connectivity index (χ1) is 11.9. The summed E-state index contributed by atoms with van der Waals surface area (Å²) in [6.45, 7) is 0.174. The van der Waals surface area contributed by atoms with Gasteiger partial charge in [-0.3, -0.25) is 0 Å². The predicted molar refractivity (Wildman–Crippen MR) is 94.8 cm³/mol. The molecule has 0 fully saturated rings. The minimum atomic E-state index is -3.54. The second-order valence-electron chi connectivity index (χ2n) is 5.50. The largest absolute Gasteiger partial charge is 0.497 e. The van der Waals surface area contributed by atoms with E-state index < -0.39 is 10.0 Å². The second-order valence-corrected chi connectivity index (χ2v) is 7.58. The summed E-state index contributed by atoms with van der Waals surface area (Å²) in [5.74, 6) is 1.03. The number of hydrogen-bond acceptors (Lipinski definition) is 5. The Morgan fingerprint density at radius 2 is 1.88 bits per heavy atom. The van der Waals surface area contributed by atoms with Crippen LogP contribution in [-0.4, -0.2) is 34.0 Å². The minimum absolute atomic E-state index is 0.169. The number of nitrogens with zero attached hydrogens (tertiary/aromatic N) is 2. The van der Waals surface area contributed by atoms with Gasteiger partial charge in [0.15, 0.2) is 0 Å². The molecule has 25 heavy (non-hydrogen) atoms. The van der Waals surface area contributed by atoms with Crippen molar-refractivity contribution in [2.75, 3.05) is 21.3 Å². The molecule has 0 radical (unpaired) electrons. The lowest BCUT2D eigenvalue weighted by atomic mass is 10.2. The van der Waals surface area contributed by atoms with Crippen LogP contribution in [0.2, 0.25) is 0 Å². The summed E-state index contributed by atoms with van der Waals surface area (Å²) in [6, 6.07) is 13.9. The molecule has 0 unspecified atom stereocenters. The first-order valence-electron chi connectivity index (χ1n) is 7.53. The zero-order valence-corrected chi connectivity index (χ0v) is 15.2. The van der Waals surface area contributed by atoms with Crippen molar-refractivity contribution < 1.29 is 17.9 Å². The third-order valence-corrected chi connectivity index (χ3v) is 5.54. The summed E-state index contributed by atoms with van der Waals surface area (Å²) in [4.78, 5) is 0. The van der Waals surface area contributed by atoms with Crippen LogP contribution in [0.25, 0.3) is 0 Å². The number of nitriles is 1. The Hall–Kier alpha value is -2.56. The van der Waals surface area contributed by atoms with Crippen molar-refractivity contribution >= 4 is 10.0 Å². The third kappa shape index (κ3) is 4.72. The van der Waals surface area contributed by atoms with Gasteiger partial charge >= 0.3 is 0 Å². The SMILES string of the molecule is COc1ccc(CN(C)S(=O)(=O)Cc2cccc(C#N)c2)c(OC)c1. The molecule has 6 nitrogen and oxygen atoms in total. The zero-order valence-electron chi connectivity index (χ0n) is 14.4. The van der Waals surface area contributed by atoms with Gasteiger partial charge in [-0.25, -0.2) is 12.7 Å². The smallest absolute Gasteiger partial charge is 0.218 e. The Morgan fingerprint density at radius 1 is 1.12 bits per heavy atom. The van der Waals surface area contributed by atoms with Crippen molar-refractivity contribution in [3.63, 3.8) is 0 Å². The summed E-state index contributed by atoms with van der Waals surface area (Å²) in [5, 5.41) is 8.93. The second kappa shape index (κ2) is 8.01. The number of methoxy groups -OCH3 is 2. The molecular weight excluding hydrogens is 340 g/mol. The van der Waals surface area contributed by atoms with E-state index in [4.69, 9.17) is 14.7 Å². The fourth-order valence-electron chi connectivity index (χ4n) is 2.37. The van der Waals surface area contributed by atoms with Gasteiger partial charge in [0.2, 0.25) is 10.0 Å². The molecule has 0 atom stereocenters. The van der Waals surface area contributed by atoms with Crippen molar-refractivity contribution in [1.82, 2.24) is 4.31 Å².